The van der Waals surface area contributed by atoms with Gasteiger partial charge in [-0.1, -0.05) is 6.92 Å². The minimum absolute atomic E-state index is 0.162. The molecule has 0 aliphatic rings. The maximum atomic E-state index is 13.1. The first-order valence-electron chi connectivity index (χ1n) is 6.42. The Bertz CT molecular complexity index is 590. The quantitative estimate of drug-likeness (QED) is 0.902. The summed E-state index contributed by atoms with van der Waals surface area (Å²) in [7, 11) is 0. The molecule has 0 aliphatic heterocycles. The zero-order valence-corrected chi connectivity index (χ0v) is 11.4. The second-order valence-electron chi connectivity index (χ2n) is 4.38. The lowest BCUT2D eigenvalue weighted by molar-refractivity contribution is 0.446. The first-order chi connectivity index (χ1) is 9.60. The zero-order valence-electron chi connectivity index (χ0n) is 11.4. The molecule has 1 aromatic carbocycles. The molecule has 0 spiro atoms. The van der Waals surface area contributed by atoms with Crippen LogP contribution < -0.4 is 10.1 Å². The maximum absolute atomic E-state index is 13.1. The topological polar surface area (TPSA) is 34.2 Å². The molecule has 0 amide bonds. The number of hydrogen-bond donors (Lipinski definition) is 1. The number of ether oxygens (including phenoxy) is 1. The summed E-state index contributed by atoms with van der Waals surface area (Å²) < 4.78 is 31.4. The number of nitrogens with zero attached hydrogens (tertiary/aromatic N) is 1. The molecule has 106 valence electrons. The van der Waals surface area contributed by atoms with E-state index in [0.29, 0.717) is 5.88 Å². The molecule has 0 bridgehead atoms. The Morgan fingerprint density at radius 2 is 2.00 bits per heavy atom. The number of hydrogen-bond acceptors (Lipinski definition) is 3. The highest BCUT2D eigenvalue weighted by atomic mass is 19.2. The largest absolute Gasteiger partial charge is 0.439 e. The van der Waals surface area contributed by atoms with Crippen molar-refractivity contribution in [3.05, 3.63) is 53.7 Å². The van der Waals surface area contributed by atoms with Crippen LogP contribution in [-0.4, -0.2) is 11.5 Å². The van der Waals surface area contributed by atoms with Gasteiger partial charge in [-0.3, -0.25) is 0 Å². The van der Waals surface area contributed by atoms with E-state index in [2.05, 4.69) is 10.3 Å². The number of pyridine rings is 1. The third-order valence-corrected chi connectivity index (χ3v) is 2.88. The molecule has 3 nitrogen and oxygen atoms in total. The maximum Gasteiger partial charge on any atom is 0.219 e. The summed E-state index contributed by atoms with van der Waals surface area (Å²) in [6.45, 7) is 4.90. The van der Waals surface area contributed by atoms with Crippen molar-refractivity contribution in [3.8, 4) is 11.6 Å². The van der Waals surface area contributed by atoms with Crippen LogP contribution in [0.5, 0.6) is 11.6 Å². The Balaban J connectivity index is 2.16. The Morgan fingerprint density at radius 1 is 1.20 bits per heavy atom. The number of rotatable bonds is 5. The Kier molecular flexibility index (Phi) is 4.63. The fourth-order valence-electron chi connectivity index (χ4n) is 1.84. The summed E-state index contributed by atoms with van der Waals surface area (Å²) in [5, 5.41) is 3.28. The van der Waals surface area contributed by atoms with Crippen molar-refractivity contribution in [1.82, 2.24) is 10.3 Å². The molecule has 1 atom stereocenters. The molecule has 2 rings (SSSR count). The summed E-state index contributed by atoms with van der Waals surface area (Å²) >= 11 is 0. The third kappa shape index (κ3) is 3.51. The highest BCUT2D eigenvalue weighted by molar-refractivity contribution is 5.30. The van der Waals surface area contributed by atoms with Gasteiger partial charge in [0.1, 0.15) is 5.75 Å². The Labute approximate surface area is 116 Å². The van der Waals surface area contributed by atoms with Gasteiger partial charge in [-0.2, -0.15) is 0 Å². The van der Waals surface area contributed by atoms with Crippen LogP contribution in [0.3, 0.4) is 0 Å². The molecule has 2 aromatic rings. The van der Waals surface area contributed by atoms with Crippen LogP contribution in [-0.2, 0) is 0 Å². The fourth-order valence-corrected chi connectivity index (χ4v) is 1.84. The number of aromatic nitrogens is 1. The Hall–Kier alpha value is -2.01. The number of benzene rings is 1. The molecular weight excluding hydrogens is 262 g/mol. The van der Waals surface area contributed by atoms with Gasteiger partial charge in [0, 0.05) is 24.4 Å². The lowest BCUT2D eigenvalue weighted by Gasteiger charge is -2.13. The van der Waals surface area contributed by atoms with Crippen LogP contribution in [0.1, 0.15) is 25.5 Å². The minimum atomic E-state index is -0.945. The first-order valence-corrected chi connectivity index (χ1v) is 6.42. The van der Waals surface area contributed by atoms with Crippen LogP contribution in [0.4, 0.5) is 8.78 Å². The van der Waals surface area contributed by atoms with E-state index in [0.717, 1.165) is 24.2 Å². The van der Waals surface area contributed by atoms with Gasteiger partial charge in [0.15, 0.2) is 11.6 Å². The smallest absolute Gasteiger partial charge is 0.219 e. The predicted octanol–water partition coefficient (Wildman–Crippen LogP) is 3.82. The van der Waals surface area contributed by atoms with E-state index < -0.39 is 11.6 Å². The fraction of sp³-hybridized carbons (Fsp3) is 0.267. The molecule has 0 aliphatic carbocycles. The SMILES string of the molecule is CCNC(C)c1ccnc(Oc2ccc(F)c(F)c2)c1. The van der Waals surface area contributed by atoms with Gasteiger partial charge in [-0.05, 0) is 37.2 Å². The number of nitrogens with one attached hydrogen (secondary N) is 1. The van der Waals surface area contributed by atoms with Crippen molar-refractivity contribution in [2.24, 2.45) is 0 Å². The van der Waals surface area contributed by atoms with Gasteiger partial charge < -0.3 is 10.1 Å². The van der Waals surface area contributed by atoms with Gasteiger partial charge in [-0.25, -0.2) is 13.8 Å². The highest BCUT2D eigenvalue weighted by Crippen LogP contribution is 2.23. The zero-order chi connectivity index (χ0) is 14.5. The van der Waals surface area contributed by atoms with E-state index in [9.17, 15) is 8.78 Å². The summed E-state index contributed by atoms with van der Waals surface area (Å²) in [5.74, 6) is -1.29. The number of halogens is 2. The second kappa shape index (κ2) is 6.43. The van der Waals surface area contributed by atoms with Crippen LogP contribution in [0.2, 0.25) is 0 Å². The molecule has 0 saturated carbocycles. The highest BCUT2D eigenvalue weighted by Gasteiger charge is 2.08. The van der Waals surface area contributed by atoms with E-state index in [4.69, 9.17) is 4.74 Å². The van der Waals surface area contributed by atoms with Crippen LogP contribution in [0.15, 0.2) is 36.5 Å². The normalized spacial score (nSPS) is 12.2. The molecule has 1 heterocycles. The average molecular weight is 278 g/mol. The molecule has 0 fully saturated rings. The van der Waals surface area contributed by atoms with E-state index in [1.54, 1.807) is 12.3 Å². The molecule has 20 heavy (non-hydrogen) atoms. The van der Waals surface area contributed by atoms with Crippen molar-refractivity contribution >= 4 is 0 Å². The molecule has 1 unspecified atom stereocenters. The van der Waals surface area contributed by atoms with E-state index in [-0.39, 0.29) is 11.8 Å². The van der Waals surface area contributed by atoms with Crippen molar-refractivity contribution in [1.29, 1.82) is 0 Å². The molecule has 0 radical (unpaired) electrons. The van der Waals surface area contributed by atoms with Crippen LogP contribution in [0, 0.1) is 11.6 Å². The van der Waals surface area contributed by atoms with Gasteiger partial charge in [0.05, 0.1) is 0 Å². The van der Waals surface area contributed by atoms with Gasteiger partial charge in [-0.15, -0.1) is 0 Å². The van der Waals surface area contributed by atoms with Gasteiger partial charge >= 0.3 is 0 Å². The van der Waals surface area contributed by atoms with Crippen molar-refractivity contribution < 1.29 is 13.5 Å². The average Bonchev–Trinajstić information content (AvgIpc) is 2.43. The predicted molar refractivity (Wildman–Crippen MR) is 72.8 cm³/mol. The molecule has 1 aromatic heterocycles. The minimum Gasteiger partial charge on any atom is -0.439 e. The Morgan fingerprint density at radius 3 is 2.70 bits per heavy atom. The van der Waals surface area contributed by atoms with Gasteiger partial charge in [0.2, 0.25) is 5.88 Å². The third-order valence-electron chi connectivity index (χ3n) is 2.88. The van der Waals surface area contributed by atoms with Crippen molar-refractivity contribution in [2.75, 3.05) is 6.54 Å². The molecule has 5 heteroatoms. The monoisotopic (exact) mass is 278 g/mol. The van der Waals surface area contributed by atoms with Crippen LogP contribution >= 0.6 is 0 Å². The van der Waals surface area contributed by atoms with Crippen molar-refractivity contribution in [3.63, 3.8) is 0 Å². The lowest BCUT2D eigenvalue weighted by Crippen LogP contribution is -2.17. The summed E-state index contributed by atoms with van der Waals surface area (Å²) in [6.07, 6.45) is 1.62. The molecule has 1 N–H and O–H groups in total. The van der Waals surface area contributed by atoms with E-state index in [1.165, 1.54) is 6.07 Å². The second-order valence-corrected chi connectivity index (χ2v) is 4.38. The molecule has 0 saturated heterocycles. The van der Waals surface area contributed by atoms with E-state index >= 15 is 0 Å². The summed E-state index contributed by atoms with van der Waals surface area (Å²) in [4.78, 5) is 4.06. The van der Waals surface area contributed by atoms with Crippen LogP contribution in [0.25, 0.3) is 0 Å². The van der Waals surface area contributed by atoms with Gasteiger partial charge in [0.25, 0.3) is 0 Å². The summed E-state index contributed by atoms with van der Waals surface area (Å²) in [6, 6.07) is 7.20. The van der Waals surface area contributed by atoms with E-state index in [1.807, 2.05) is 19.9 Å². The standard InChI is InChI=1S/C15H16F2N2O/c1-3-18-10(2)11-6-7-19-15(8-11)20-12-4-5-13(16)14(17)9-12/h4-10,18H,3H2,1-2H3. The van der Waals surface area contributed by atoms with Crippen molar-refractivity contribution in [2.45, 2.75) is 19.9 Å². The lowest BCUT2D eigenvalue weighted by atomic mass is 10.1. The molecular formula is C15H16F2N2O. The first kappa shape index (κ1) is 14.4. The summed E-state index contributed by atoms with van der Waals surface area (Å²) in [5.41, 5.74) is 1.01.